The Morgan fingerprint density at radius 1 is 1.04 bits per heavy atom. The highest BCUT2D eigenvalue weighted by Gasteiger charge is 2.51. The third kappa shape index (κ3) is 2.55. The lowest BCUT2D eigenvalue weighted by Crippen LogP contribution is -3.20. The van der Waals surface area contributed by atoms with Crippen LogP contribution in [0.25, 0.3) is 5.57 Å². The van der Waals surface area contributed by atoms with E-state index >= 15 is 0 Å². The van der Waals surface area contributed by atoms with Crippen molar-refractivity contribution in [1.82, 2.24) is 4.98 Å². The maximum atomic E-state index is 13.2. The molecule has 1 unspecified atom stereocenters. The largest absolute Gasteiger partial charge is 0.633 e. The molecular formula is C22H31N3O. The predicted octanol–water partition coefficient (Wildman–Crippen LogP) is 4.03. The average Bonchev–Trinajstić information content (AvgIpc) is 3.06. The molecule has 1 aromatic heterocycles. The molecule has 2 N–H and O–H groups in total. The van der Waals surface area contributed by atoms with Crippen LogP contribution >= 0.6 is 0 Å². The molecule has 140 valence electrons. The van der Waals surface area contributed by atoms with Gasteiger partial charge in [0.1, 0.15) is 11.1 Å². The van der Waals surface area contributed by atoms with E-state index in [1.54, 1.807) is 0 Å². The van der Waals surface area contributed by atoms with Crippen molar-refractivity contribution in [1.29, 1.82) is 0 Å². The Morgan fingerprint density at radius 2 is 1.65 bits per heavy atom. The summed E-state index contributed by atoms with van der Waals surface area (Å²) in [6.07, 6.45) is 2.12. The second-order valence-corrected chi connectivity index (χ2v) is 8.89. The molecule has 3 heterocycles. The lowest BCUT2D eigenvalue weighted by atomic mass is 9.82. The number of aryl methyl sites for hydroxylation is 2. The standard InChI is InChI=1S/C22H31N3O/c1-12-10-14(3)23-19(12)17(20-13(2)11-15(4)24-20)18-16(5)21(6,7)25(26)22(18,8)9/h10-11,23,25H,1-9H3/b20-17+. The lowest BCUT2D eigenvalue weighted by molar-refractivity contribution is -0.928. The molecule has 0 amide bonds. The van der Waals surface area contributed by atoms with Crippen LogP contribution in [0.2, 0.25) is 0 Å². The van der Waals surface area contributed by atoms with Gasteiger partial charge in [-0.3, -0.25) is 4.99 Å². The molecule has 0 fully saturated rings. The van der Waals surface area contributed by atoms with Crippen LogP contribution in [-0.4, -0.2) is 21.8 Å². The number of nitrogens with one attached hydrogen (secondary N) is 2. The third-order valence-electron chi connectivity index (χ3n) is 6.05. The number of aromatic amines is 1. The fraction of sp³-hybridized carbons (Fsp3) is 0.500. The molecule has 0 saturated carbocycles. The first-order valence-corrected chi connectivity index (χ1v) is 9.31. The Hall–Kier alpha value is -1.91. The Balaban J connectivity index is 2.42. The lowest BCUT2D eigenvalue weighted by Gasteiger charge is -2.42. The number of quaternary nitrogens is 1. The minimum atomic E-state index is -0.548. The van der Waals surface area contributed by atoms with Gasteiger partial charge in [0.25, 0.3) is 0 Å². The normalized spacial score (nSPS) is 26.3. The first-order chi connectivity index (χ1) is 11.9. The van der Waals surface area contributed by atoms with Gasteiger partial charge >= 0.3 is 0 Å². The van der Waals surface area contributed by atoms with Gasteiger partial charge in [-0.05, 0) is 91.2 Å². The number of aromatic nitrogens is 1. The number of nitrogens with zero attached hydrogens (tertiary/aromatic N) is 1. The quantitative estimate of drug-likeness (QED) is 0.775. The second-order valence-electron chi connectivity index (χ2n) is 8.89. The van der Waals surface area contributed by atoms with E-state index in [9.17, 15) is 5.21 Å². The molecule has 0 aromatic carbocycles. The van der Waals surface area contributed by atoms with Crippen molar-refractivity contribution in [3.05, 3.63) is 56.7 Å². The minimum absolute atomic E-state index is 0.275. The molecule has 2 aliphatic heterocycles. The van der Waals surface area contributed by atoms with Crippen LogP contribution in [0.1, 0.15) is 65.4 Å². The summed E-state index contributed by atoms with van der Waals surface area (Å²) in [5.41, 5.74) is 8.88. The summed E-state index contributed by atoms with van der Waals surface area (Å²) in [4.78, 5) is 8.39. The highest BCUT2D eigenvalue weighted by atomic mass is 16.5. The van der Waals surface area contributed by atoms with Crippen LogP contribution in [0, 0.1) is 19.1 Å². The molecule has 0 aliphatic carbocycles. The summed E-state index contributed by atoms with van der Waals surface area (Å²) in [5, 5.41) is 13.5. The fourth-order valence-corrected chi connectivity index (χ4v) is 4.63. The van der Waals surface area contributed by atoms with Gasteiger partial charge in [0, 0.05) is 22.6 Å². The highest BCUT2D eigenvalue weighted by molar-refractivity contribution is 6.01. The summed E-state index contributed by atoms with van der Waals surface area (Å²) in [7, 11) is 0. The average molecular weight is 354 g/mol. The topological polar surface area (TPSA) is 55.6 Å². The van der Waals surface area contributed by atoms with Crippen molar-refractivity contribution in [2.24, 2.45) is 4.99 Å². The van der Waals surface area contributed by atoms with Crippen LogP contribution < -0.4 is 5.06 Å². The van der Waals surface area contributed by atoms with E-state index in [4.69, 9.17) is 4.99 Å². The molecule has 0 spiro atoms. The van der Waals surface area contributed by atoms with Crippen LogP contribution in [-0.2, 0) is 0 Å². The van der Waals surface area contributed by atoms with E-state index in [1.807, 2.05) is 20.8 Å². The van der Waals surface area contributed by atoms with Crippen molar-refractivity contribution in [3.63, 3.8) is 0 Å². The zero-order valence-electron chi connectivity index (χ0n) is 17.5. The van der Waals surface area contributed by atoms with Crippen LogP contribution in [0.3, 0.4) is 0 Å². The number of H-pyrrole nitrogens is 1. The molecule has 0 bridgehead atoms. The zero-order valence-corrected chi connectivity index (χ0v) is 17.5. The van der Waals surface area contributed by atoms with Gasteiger partial charge in [-0.25, -0.2) is 0 Å². The van der Waals surface area contributed by atoms with Gasteiger partial charge in [-0.15, -0.1) is 0 Å². The summed E-state index contributed by atoms with van der Waals surface area (Å²) in [5.74, 6) is 0. The van der Waals surface area contributed by atoms with Crippen LogP contribution in [0.15, 0.2) is 39.6 Å². The third-order valence-corrected chi connectivity index (χ3v) is 6.05. The number of allylic oxidation sites excluding steroid dienone is 2. The van der Waals surface area contributed by atoms with Crippen molar-refractivity contribution in [2.45, 2.75) is 73.4 Å². The first-order valence-electron chi connectivity index (χ1n) is 9.31. The monoisotopic (exact) mass is 353 g/mol. The van der Waals surface area contributed by atoms with Crippen LogP contribution in [0.5, 0.6) is 0 Å². The highest BCUT2D eigenvalue weighted by Crippen LogP contribution is 2.44. The minimum Gasteiger partial charge on any atom is -0.633 e. The van der Waals surface area contributed by atoms with Crippen molar-refractivity contribution < 1.29 is 5.06 Å². The molecule has 4 heteroatoms. The van der Waals surface area contributed by atoms with Crippen LogP contribution in [0.4, 0.5) is 0 Å². The van der Waals surface area contributed by atoms with E-state index in [0.717, 1.165) is 45.1 Å². The van der Waals surface area contributed by atoms with Gasteiger partial charge in [0.05, 0.1) is 11.4 Å². The van der Waals surface area contributed by atoms with E-state index in [2.05, 4.69) is 58.7 Å². The van der Waals surface area contributed by atoms with Crippen molar-refractivity contribution >= 4 is 11.3 Å². The molecule has 0 radical (unpaired) electrons. The Morgan fingerprint density at radius 3 is 2.04 bits per heavy atom. The Kier molecular flexibility index (Phi) is 4.21. The van der Waals surface area contributed by atoms with Gasteiger partial charge in [0.15, 0.2) is 0 Å². The van der Waals surface area contributed by atoms with Gasteiger partial charge < -0.3 is 15.3 Å². The van der Waals surface area contributed by atoms with Crippen molar-refractivity contribution in [2.75, 3.05) is 0 Å². The summed E-state index contributed by atoms with van der Waals surface area (Å²) in [6.45, 7) is 18.6. The smallest absolute Gasteiger partial charge is 0.119 e. The summed E-state index contributed by atoms with van der Waals surface area (Å²) < 4.78 is 0. The maximum absolute atomic E-state index is 13.2. The van der Waals surface area contributed by atoms with Gasteiger partial charge in [-0.1, -0.05) is 0 Å². The molecular weight excluding hydrogens is 322 g/mol. The molecule has 1 aromatic rings. The Labute approximate surface area is 157 Å². The molecule has 2 aliphatic rings. The van der Waals surface area contributed by atoms with Gasteiger partial charge in [0.2, 0.25) is 0 Å². The van der Waals surface area contributed by atoms with E-state index in [-0.39, 0.29) is 5.06 Å². The summed E-state index contributed by atoms with van der Waals surface area (Å²) in [6, 6.07) is 2.16. The molecule has 0 saturated heterocycles. The number of aliphatic imine (C=N–C) groups is 1. The Bertz CT molecular complexity index is 904. The first kappa shape index (κ1) is 18.9. The zero-order chi connectivity index (χ0) is 19.6. The predicted molar refractivity (Wildman–Crippen MR) is 109 cm³/mol. The maximum Gasteiger partial charge on any atom is 0.119 e. The van der Waals surface area contributed by atoms with E-state index in [0.29, 0.717) is 0 Å². The number of hydrogen-bond acceptors (Lipinski definition) is 2. The SMILES string of the molecule is CC1=CC(C)=N/C1=C(\C1=C(C)C(C)(C)[NH+]([O-])C1(C)C)c1[nH]c(C)cc1C. The molecule has 26 heavy (non-hydrogen) atoms. The molecule has 3 rings (SSSR count). The fourth-order valence-electron chi connectivity index (χ4n) is 4.63. The molecule has 4 nitrogen and oxygen atoms in total. The van der Waals surface area contributed by atoms with E-state index in [1.165, 1.54) is 5.56 Å². The summed E-state index contributed by atoms with van der Waals surface area (Å²) >= 11 is 0. The molecule has 1 atom stereocenters. The number of hydrogen-bond donors (Lipinski definition) is 2. The number of hydroxylamine groups is 2. The second kappa shape index (κ2) is 5.80. The number of rotatable bonds is 2. The van der Waals surface area contributed by atoms with Gasteiger partial charge in [-0.2, -0.15) is 0 Å². The van der Waals surface area contributed by atoms with E-state index < -0.39 is 11.1 Å². The van der Waals surface area contributed by atoms with Crippen molar-refractivity contribution in [3.8, 4) is 0 Å².